The van der Waals surface area contributed by atoms with Gasteiger partial charge in [-0.3, -0.25) is 9.48 Å². The molecule has 0 saturated heterocycles. The molecule has 0 spiro atoms. The normalized spacial score (nSPS) is 21.0. The van der Waals surface area contributed by atoms with Crippen molar-refractivity contribution in [3.05, 3.63) is 23.7 Å². The number of nitrogens with zero attached hydrogens (tertiary/aromatic N) is 4. The summed E-state index contributed by atoms with van der Waals surface area (Å²) in [6.07, 6.45) is 4.02. The molecule has 0 aromatic carbocycles. The summed E-state index contributed by atoms with van der Waals surface area (Å²) in [4.78, 5) is 26.1. The fraction of sp³-hybridized carbons (Fsp3) is 0.571. The van der Waals surface area contributed by atoms with Crippen molar-refractivity contribution >= 4 is 11.8 Å². The third kappa shape index (κ3) is 3.48. The van der Waals surface area contributed by atoms with E-state index in [9.17, 15) is 9.59 Å². The quantitative estimate of drug-likeness (QED) is 0.329. The molecule has 0 bridgehead atoms. The molecular weight excluding hydrogens is 272 g/mol. The Balaban J connectivity index is 2.12. The molecule has 1 aromatic heterocycles. The summed E-state index contributed by atoms with van der Waals surface area (Å²) < 4.78 is 6.57. The summed E-state index contributed by atoms with van der Waals surface area (Å²) in [5, 5.41) is 7.90. The van der Waals surface area contributed by atoms with Gasteiger partial charge in [0.2, 0.25) is 0 Å². The SMILES string of the molecule is CCOC(=O)C(=CN(C)C)C(=O)[C@H]1C[C@@H]1c1cn(C)nn1. The molecule has 0 amide bonds. The molecule has 7 nitrogen and oxygen atoms in total. The maximum absolute atomic E-state index is 12.5. The van der Waals surface area contributed by atoms with Crippen molar-refractivity contribution in [2.45, 2.75) is 19.3 Å². The number of carbonyl (C=O) groups excluding carboxylic acids is 2. The molecule has 1 aliphatic rings. The van der Waals surface area contributed by atoms with E-state index in [-0.39, 0.29) is 29.8 Å². The van der Waals surface area contributed by atoms with Gasteiger partial charge in [0.1, 0.15) is 5.57 Å². The number of hydrogen-bond acceptors (Lipinski definition) is 6. The molecular formula is C14H20N4O3. The highest BCUT2D eigenvalue weighted by Gasteiger charge is 2.47. The Morgan fingerprint density at radius 3 is 2.76 bits per heavy atom. The van der Waals surface area contributed by atoms with Crippen LogP contribution in [0, 0.1) is 5.92 Å². The van der Waals surface area contributed by atoms with E-state index in [0.717, 1.165) is 5.69 Å². The second-order valence-corrected chi connectivity index (χ2v) is 5.36. The topological polar surface area (TPSA) is 77.3 Å². The van der Waals surface area contributed by atoms with Gasteiger partial charge in [0.05, 0.1) is 12.3 Å². The Morgan fingerprint density at radius 1 is 1.52 bits per heavy atom. The molecule has 0 aliphatic heterocycles. The number of Topliss-reactive ketones (excluding diaryl/α,β-unsaturated/α-hetero) is 1. The van der Waals surface area contributed by atoms with Crippen LogP contribution in [0.5, 0.6) is 0 Å². The van der Waals surface area contributed by atoms with Gasteiger partial charge < -0.3 is 9.64 Å². The van der Waals surface area contributed by atoms with E-state index in [2.05, 4.69) is 10.3 Å². The highest BCUT2D eigenvalue weighted by molar-refractivity contribution is 6.19. The maximum Gasteiger partial charge on any atom is 0.343 e. The first-order valence-corrected chi connectivity index (χ1v) is 6.89. The molecule has 114 valence electrons. The fourth-order valence-electron chi connectivity index (χ4n) is 2.23. The van der Waals surface area contributed by atoms with Crippen LogP contribution in [0.15, 0.2) is 18.0 Å². The van der Waals surface area contributed by atoms with E-state index in [1.807, 2.05) is 0 Å². The van der Waals surface area contributed by atoms with Crippen LogP contribution in [0.1, 0.15) is 25.0 Å². The van der Waals surface area contributed by atoms with Crippen molar-refractivity contribution < 1.29 is 14.3 Å². The van der Waals surface area contributed by atoms with Crippen LogP contribution < -0.4 is 0 Å². The Labute approximate surface area is 123 Å². The zero-order chi connectivity index (χ0) is 15.6. The standard InChI is InChI=1S/C14H20N4O3/c1-5-21-14(20)11(7-17(2)3)13(19)10-6-9(10)12-8-18(4)16-15-12/h7-10H,5-6H2,1-4H3/t9-,10-/m0/s1. The van der Waals surface area contributed by atoms with E-state index < -0.39 is 5.97 Å². The Hall–Kier alpha value is -2.18. The molecule has 1 fully saturated rings. The van der Waals surface area contributed by atoms with Gasteiger partial charge in [-0.15, -0.1) is 5.10 Å². The lowest BCUT2D eigenvalue weighted by atomic mass is 10.1. The second kappa shape index (κ2) is 6.07. The van der Waals surface area contributed by atoms with E-state index in [1.54, 1.807) is 43.8 Å². The first-order valence-electron chi connectivity index (χ1n) is 6.89. The summed E-state index contributed by atoms with van der Waals surface area (Å²) in [5.41, 5.74) is 0.891. The lowest BCUT2D eigenvalue weighted by Gasteiger charge is -2.10. The summed E-state index contributed by atoms with van der Waals surface area (Å²) in [6, 6.07) is 0. The molecule has 2 atom stereocenters. The molecule has 21 heavy (non-hydrogen) atoms. The van der Waals surface area contributed by atoms with Crippen LogP contribution in [-0.2, 0) is 21.4 Å². The van der Waals surface area contributed by atoms with Crippen LogP contribution in [0.4, 0.5) is 0 Å². The molecule has 1 aromatic rings. The first-order chi connectivity index (χ1) is 9.93. The van der Waals surface area contributed by atoms with Crippen molar-refractivity contribution in [2.24, 2.45) is 13.0 Å². The highest BCUT2D eigenvalue weighted by atomic mass is 16.5. The van der Waals surface area contributed by atoms with Gasteiger partial charge in [-0.1, -0.05) is 5.21 Å². The largest absolute Gasteiger partial charge is 0.462 e. The van der Waals surface area contributed by atoms with Crippen LogP contribution in [-0.4, -0.2) is 52.3 Å². The van der Waals surface area contributed by atoms with Gasteiger partial charge >= 0.3 is 5.97 Å². The van der Waals surface area contributed by atoms with Gasteiger partial charge in [0, 0.05) is 45.4 Å². The maximum atomic E-state index is 12.5. The number of ether oxygens (including phenoxy) is 1. The third-order valence-electron chi connectivity index (χ3n) is 3.28. The summed E-state index contributed by atoms with van der Waals surface area (Å²) in [7, 11) is 5.31. The number of aromatic nitrogens is 3. The van der Waals surface area contributed by atoms with Gasteiger partial charge in [-0.25, -0.2) is 4.79 Å². The lowest BCUT2D eigenvalue weighted by Crippen LogP contribution is -2.20. The zero-order valence-electron chi connectivity index (χ0n) is 12.7. The van der Waals surface area contributed by atoms with E-state index in [4.69, 9.17) is 4.74 Å². The average molecular weight is 292 g/mol. The number of hydrogen-bond donors (Lipinski definition) is 0. The lowest BCUT2D eigenvalue weighted by molar-refractivity contribution is -0.140. The molecule has 1 heterocycles. The Kier molecular flexibility index (Phi) is 4.40. The number of rotatable bonds is 6. The van der Waals surface area contributed by atoms with Gasteiger partial charge in [0.15, 0.2) is 5.78 Å². The van der Waals surface area contributed by atoms with E-state index in [1.165, 1.54) is 6.20 Å². The molecule has 0 N–H and O–H groups in total. The van der Waals surface area contributed by atoms with Crippen molar-refractivity contribution in [1.29, 1.82) is 0 Å². The van der Waals surface area contributed by atoms with Gasteiger partial charge in [0.25, 0.3) is 0 Å². The molecule has 2 rings (SSSR count). The second-order valence-electron chi connectivity index (χ2n) is 5.36. The zero-order valence-corrected chi connectivity index (χ0v) is 12.7. The summed E-state index contributed by atoms with van der Waals surface area (Å²) >= 11 is 0. The minimum atomic E-state index is -0.569. The van der Waals surface area contributed by atoms with Crippen LogP contribution in [0.3, 0.4) is 0 Å². The summed E-state index contributed by atoms with van der Waals surface area (Å²) in [5.74, 6) is -0.915. The highest BCUT2D eigenvalue weighted by Crippen LogP contribution is 2.48. The smallest absolute Gasteiger partial charge is 0.343 e. The van der Waals surface area contributed by atoms with Gasteiger partial charge in [-0.05, 0) is 13.3 Å². The fourth-order valence-corrected chi connectivity index (χ4v) is 2.23. The number of esters is 1. The van der Waals surface area contributed by atoms with Crippen molar-refractivity contribution in [3.63, 3.8) is 0 Å². The van der Waals surface area contributed by atoms with Crippen LogP contribution >= 0.6 is 0 Å². The molecule has 0 radical (unpaired) electrons. The van der Waals surface area contributed by atoms with Crippen LogP contribution in [0.25, 0.3) is 0 Å². The predicted octanol–water partition coefficient (Wildman–Crippen LogP) is 0.496. The van der Waals surface area contributed by atoms with Crippen molar-refractivity contribution in [1.82, 2.24) is 19.9 Å². The molecule has 1 aliphatic carbocycles. The summed E-state index contributed by atoms with van der Waals surface area (Å²) in [6.45, 7) is 1.96. The molecule has 7 heteroatoms. The first kappa shape index (κ1) is 15.2. The third-order valence-corrected chi connectivity index (χ3v) is 3.28. The van der Waals surface area contributed by atoms with Gasteiger partial charge in [-0.2, -0.15) is 0 Å². The monoisotopic (exact) mass is 292 g/mol. The average Bonchev–Trinajstić information content (AvgIpc) is 3.10. The number of ketones is 1. The minimum Gasteiger partial charge on any atom is -0.462 e. The Morgan fingerprint density at radius 2 is 2.24 bits per heavy atom. The number of carbonyl (C=O) groups is 2. The molecule has 1 saturated carbocycles. The number of aryl methyl sites for hydroxylation is 1. The van der Waals surface area contributed by atoms with Crippen LogP contribution in [0.2, 0.25) is 0 Å². The van der Waals surface area contributed by atoms with E-state index in [0.29, 0.717) is 6.42 Å². The van der Waals surface area contributed by atoms with Crippen molar-refractivity contribution in [3.8, 4) is 0 Å². The van der Waals surface area contributed by atoms with E-state index >= 15 is 0 Å². The Bertz CT molecular complexity index is 577. The minimum absolute atomic E-state index is 0.0474. The van der Waals surface area contributed by atoms with Crippen molar-refractivity contribution in [2.75, 3.05) is 20.7 Å². The molecule has 0 unspecified atom stereocenters. The predicted molar refractivity (Wildman–Crippen MR) is 75.3 cm³/mol.